The number of amides is 1. The molecule has 1 aliphatic rings. The molecule has 160 valence electrons. The summed E-state index contributed by atoms with van der Waals surface area (Å²) in [5.41, 5.74) is 1.61. The summed E-state index contributed by atoms with van der Waals surface area (Å²) in [4.78, 5) is 16.8. The number of rotatable bonds is 4. The molecule has 0 bridgehead atoms. The largest absolute Gasteiger partial charge is 0.355 e. The molecular formula is C22H23FN6OS. The molecule has 0 aliphatic carbocycles. The van der Waals surface area contributed by atoms with Gasteiger partial charge in [0.1, 0.15) is 16.5 Å². The Hall–Kier alpha value is -3.20. The van der Waals surface area contributed by atoms with Crippen LogP contribution >= 0.6 is 11.3 Å². The van der Waals surface area contributed by atoms with Gasteiger partial charge in [-0.3, -0.25) is 9.48 Å². The van der Waals surface area contributed by atoms with Gasteiger partial charge in [-0.15, -0.1) is 11.3 Å². The van der Waals surface area contributed by atoms with Crippen LogP contribution in [0, 0.1) is 12.7 Å². The first-order valence-corrected chi connectivity index (χ1v) is 11.1. The van der Waals surface area contributed by atoms with E-state index in [-0.39, 0.29) is 17.8 Å². The molecular weight excluding hydrogens is 415 g/mol. The van der Waals surface area contributed by atoms with E-state index in [2.05, 4.69) is 20.4 Å². The minimum Gasteiger partial charge on any atom is -0.355 e. The fraction of sp³-hybridized carbons (Fsp3) is 0.318. The van der Waals surface area contributed by atoms with Crippen molar-refractivity contribution in [3.8, 4) is 5.69 Å². The highest BCUT2D eigenvalue weighted by Crippen LogP contribution is 2.30. The van der Waals surface area contributed by atoms with E-state index in [0.29, 0.717) is 4.88 Å². The quantitative estimate of drug-likeness (QED) is 0.528. The number of halogens is 1. The first kappa shape index (κ1) is 19.7. The number of nitrogens with one attached hydrogen (secondary N) is 1. The lowest BCUT2D eigenvalue weighted by Gasteiger charge is -2.34. The molecule has 4 aromatic rings. The van der Waals surface area contributed by atoms with Crippen LogP contribution in [0.4, 0.5) is 10.2 Å². The third-order valence-corrected chi connectivity index (χ3v) is 6.82. The van der Waals surface area contributed by atoms with E-state index in [1.54, 1.807) is 23.0 Å². The molecule has 1 saturated heterocycles. The van der Waals surface area contributed by atoms with Gasteiger partial charge in [0, 0.05) is 37.6 Å². The van der Waals surface area contributed by atoms with Gasteiger partial charge >= 0.3 is 0 Å². The Bertz CT molecular complexity index is 1240. The second-order valence-corrected chi connectivity index (χ2v) is 8.91. The highest BCUT2D eigenvalue weighted by atomic mass is 32.1. The van der Waals surface area contributed by atoms with Crippen LogP contribution in [0.3, 0.4) is 0 Å². The number of nitrogens with zero attached hydrogens (tertiary/aromatic N) is 5. The standard InChI is InChI=1S/C22H23FN6OS/c1-14-18-12-19(31-22(18)29(26-14)17-7-5-15(23)6-8-17)21(30)25-16-4-3-11-28(13-16)20-9-10-24-27(20)2/h5-10,12,16H,3-4,11,13H2,1-2H3,(H,25,30)/t16-/m1/s1. The maximum absolute atomic E-state index is 13.3. The lowest BCUT2D eigenvalue weighted by Crippen LogP contribution is -2.48. The molecule has 1 aromatic carbocycles. The average molecular weight is 439 g/mol. The van der Waals surface area contributed by atoms with E-state index >= 15 is 0 Å². The van der Waals surface area contributed by atoms with Crippen LogP contribution < -0.4 is 10.2 Å². The summed E-state index contributed by atoms with van der Waals surface area (Å²) in [7, 11) is 1.93. The molecule has 9 heteroatoms. The Kier molecular flexibility index (Phi) is 4.97. The minimum absolute atomic E-state index is 0.0666. The molecule has 0 radical (unpaired) electrons. The van der Waals surface area contributed by atoms with Crippen molar-refractivity contribution in [2.24, 2.45) is 7.05 Å². The number of aryl methyl sites for hydroxylation is 2. The predicted octanol–water partition coefficient (Wildman–Crippen LogP) is 3.67. The predicted molar refractivity (Wildman–Crippen MR) is 120 cm³/mol. The van der Waals surface area contributed by atoms with E-state index in [1.807, 2.05) is 30.8 Å². The summed E-state index contributed by atoms with van der Waals surface area (Å²) in [6.45, 7) is 3.64. The van der Waals surface area contributed by atoms with Crippen molar-refractivity contribution in [1.29, 1.82) is 0 Å². The van der Waals surface area contributed by atoms with Crippen molar-refractivity contribution >= 4 is 33.3 Å². The van der Waals surface area contributed by atoms with E-state index in [9.17, 15) is 9.18 Å². The highest BCUT2D eigenvalue weighted by molar-refractivity contribution is 7.20. The number of piperidine rings is 1. The monoisotopic (exact) mass is 438 g/mol. The van der Waals surface area contributed by atoms with Gasteiger partial charge in [0.2, 0.25) is 0 Å². The zero-order valence-electron chi connectivity index (χ0n) is 17.4. The van der Waals surface area contributed by atoms with Gasteiger partial charge in [0.05, 0.1) is 22.5 Å². The second kappa shape index (κ2) is 7.81. The smallest absolute Gasteiger partial charge is 0.261 e. The molecule has 0 saturated carbocycles. The average Bonchev–Trinajstić information content (AvgIpc) is 3.46. The Morgan fingerprint density at radius 3 is 2.81 bits per heavy atom. The minimum atomic E-state index is -0.289. The van der Waals surface area contributed by atoms with Gasteiger partial charge < -0.3 is 10.2 Å². The fourth-order valence-electron chi connectivity index (χ4n) is 4.15. The Balaban J connectivity index is 1.36. The van der Waals surface area contributed by atoms with Crippen molar-refractivity contribution in [2.45, 2.75) is 25.8 Å². The SMILES string of the molecule is Cc1nn(-c2ccc(F)cc2)c2sc(C(=O)N[C@@H]3CCCN(c4ccnn4C)C3)cc12. The topological polar surface area (TPSA) is 68.0 Å². The van der Waals surface area contributed by atoms with Crippen LogP contribution in [-0.2, 0) is 7.05 Å². The number of hydrogen-bond donors (Lipinski definition) is 1. The van der Waals surface area contributed by atoms with Crippen molar-refractivity contribution in [1.82, 2.24) is 24.9 Å². The number of hydrogen-bond acceptors (Lipinski definition) is 5. The molecule has 3 aromatic heterocycles. The molecule has 31 heavy (non-hydrogen) atoms. The molecule has 0 spiro atoms. The molecule has 7 nitrogen and oxygen atoms in total. The van der Waals surface area contributed by atoms with Gasteiger partial charge in [-0.05, 0) is 50.1 Å². The summed E-state index contributed by atoms with van der Waals surface area (Å²) >= 11 is 1.41. The summed E-state index contributed by atoms with van der Waals surface area (Å²) < 4.78 is 16.9. The van der Waals surface area contributed by atoms with Crippen LogP contribution in [0.25, 0.3) is 15.9 Å². The number of aromatic nitrogens is 4. The zero-order valence-corrected chi connectivity index (χ0v) is 18.2. The second-order valence-electron chi connectivity index (χ2n) is 7.87. The van der Waals surface area contributed by atoms with E-state index in [0.717, 1.165) is 53.3 Å². The highest BCUT2D eigenvalue weighted by Gasteiger charge is 2.25. The van der Waals surface area contributed by atoms with Gasteiger partial charge in [0.15, 0.2) is 0 Å². The van der Waals surface area contributed by atoms with Crippen LogP contribution in [0.5, 0.6) is 0 Å². The number of thiophene rings is 1. The first-order valence-electron chi connectivity index (χ1n) is 10.3. The van der Waals surface area contributed by atoms with E-state index < -0.39 is 0 Å². The maximum Gasteiger partial charge on any atom is 0.261 e. The number of carbonyl (C=O) groups is 1. The Labute approximate surface area is 183 Å². The molecule has 1 N–H and O–H groups in total. The molecule has 0 unspecified atom stereocenters. The lowest BCUT2D eigenvalue weighted by molar-refractivity contribution is 0.0937. The number of carbonyl (C=O) groups excluding carboxylic acids is 1. The molecule has 1 aliphatic heterocycles. The molecule has 1 fully saturated rings. The molecule has 4 heterocycles. The van der Waals surface area contributed by atoms with Crippen LogP contribution in [0.1, 0.15) is 28.2 Å². The van der Waals surface area contributed by atoms with Crippen LogP contribution in [0.2, 0.25) is 0 Å². The number of benzene rings is 1. The van der Waals surface area contributed by atoms with Crippen LogP contribution in [-0.4, -0.2) is 44.6 Å². The van der Waals surface area contributed by atoms with Crippen molar-refractivity contribution in [2.75, 3.05) is 18.0 Å². The third kappa shape index (κ3) is 3.69. The summed E-state index contributed by atoms with van der Waals surface area (Å²) in [5.74, 6) is 0.710. The number of anilines is 1. The summed E-state index contributed by atoms with van der Waals surface area (Å²) in [5, 5.41) is 13.0. The summed E-state index contributed by atoms with van der Waals surface area (Å²) in [6.07, 6.45) is 3.76. The Morgan fingerprint density at radius 1 is 1.26 bits per heavy atom. The maximum atomic E-state index is 13.3. The van der Waals surface area contributed by atoms with Gasteiger partial charge in [-0.2, -0.15) is 10.2 Å². The lowest BCUT2D eigenvalue weighted by atomic mass is 10.1. The van der Waals surface area contributed by atoms with Crippen LogP contribution in [0.15, 0.2) is 42.6 Å². The van der Waals surface area contributed by atoms with E-state index in [4.69, 9.17) is 0 Å². The summed E-state index contributed by atoms with van der Waals surface area (Å²) in [6, 6.07) is 10.2. The van der Waals surface area contributed by atoms with Crippen molar-refractivity contribution in [3.63, 3.8) is 0 Å². The zero-order chi connectivity index (χ0) is 21.5. The van der Waals surface area contributed by atoms with Gasteiger partial charge in [-0.1, -0.05) is 0 Å². The number of fused-ring (bicyclic) bond motifs is 1. The molecule has 1 atom stereocenters. The van der Waals surface area contributed by atoms with E-state index in [1.165, 1.54) is 23.5 Å². The van der Waals surface area contributed by atoms with Crippen molar-refractivity contribution in [3.05, 3.63) is 59.0 Å². The fourth-order valence-corrected chi connectivity index (χ4v) is 5.24. The van der Waals surface area contributed by atoms with Gasteiger partial charge in [0.25, 0.3) is 5.91 Å². The first-order chi connectivity index (χ1) is 15.0. The normalized spacial score (nSPS) is 16.7. The van der Waals surface area contributed by atoms with Gasteiger partial charge in [-0.25, -0.2) is 9.07 Å². The Morgan fingerprint density at radius 2 is 2.06 bits per heavy atom. The van der Waals surface area contributed by atoms with Crippen molar-refractivity contribution < 1.29 is 9.18 Å². The molecule has 5 rings (SSSR count). The molecule has 1 amide bonds. The third-order valence-electron chi connectivity index (χ3n) is 5.72.